The Hall–Kier alpha value is -1.44. The van der Waals surface area contributed by atoms with Gasteiger partial charge in [0.25, 0.3) is 0 Å². The van der Waals surface area contributed by atoms with E-state index in [2.05, 4.69) is 84.7 Å². The third-order valence-corrected chi connectivity index (χ3v) is 6.56. The Morgan fingerprint density at radius 2 is 1.85 bits per heavy atom. The van der Waals surface area contributed by atoms with Crippen molar-refractivity contribution >= 4 is 53.7 Å². The fraction of sp³-hybridized carbons (Fsp3) is 0.286. The van der Waals surface area contributed by atoms with Crippen molar-refractivity contribution in [3.63, 3.8) is 0 Å². The lowest BCUT2D eigenvalue weighted by Gasteiger charge is -2.15. The molecule has 3 aromatic rings. The van der Waals surface area contributed by atoms with E-state index in [1.807, 2.05) is 22.9 Å². The molecule has 3 nitrogen and oxygen atoms in total. The molecule has 0 bridgehead atoms. The Morgan fingerprint density at radius 3 is 2.58 bits per heavy atom. The van der Waals surface area contributed by atoms with E-state index in [1.165, 1.54) is 15.2 Å². The van der Waals surface area contributed by atoms with Gasteiger partial charge in [-0.3, -0.25) is 0 Å². The average molecular weight is 476 g/mol. The van der Waals surface area contributed by atoms with Crippen molar-refractivity contribution in [3.8, 4) is 0 Å². The van der Waals surface area contributed by atoms with Crippen LogP contribution < -0.4 is 0 Å². The maximum atomic E-state index is 5.92. The molecular weight excluding hydrogens is 451 g/mol. The smallest absolute Gasteiger partial charge is 0.140 e. The maximum Gasteiger partial charge on any atom is 0.140 e. The summed E-state index contributed by atoms with van der Waals surface area (Å²) >= 11 is 2.35. The summed E-state index contributed by atoms with van der Waals surface area (Å²) in [6.07, 6.45) is 4.20. The van der Waals surface area contributed by atoms with Gasteiger partial charge in [0, 0.05) is 23.6 Å². The molecule has 0 aliphatic heterocycles. The Morgan fingerprint density at radius 1 is 1.08 bits per heavy atom. The summed E-state index contributed by atoms with van der Waals surface area (Å²) in [4.78, 5) is 0. The molecule has 0 aliphatic rings. The second-order valence-corrected chi connectivity index (χ2v) is 14.5. The van der Waals surface area contributed by atoms with E-state index in [-0.39, 0.29) is 0 Å². The van der Waals surface area contributed by atoms with Gasteiger partial charge in [-0.2, -0.15) is 5.10 Å². The number of aromatic nitrogens is 2. The number of benzene rings is 2. The first-order chi connectivity index (χ1) is 12.4. The maximum absolute atomic E-state index is 5.92. The lowest BCUT2D eigenvalue weighted by molar-refractivity contribution is 0.0816. The molecule has 0 radical (unpaired) electrons. The normalized spacial score (nSPS) is 12.3. The molecule has 2 aromatic carbocycles. The van der Waals surface area contributed by atoms with Gasteiger partial charge in [-0.05, 0) is 58.5 Å². The molecule has 0 amide bonds. The largest absolute Gasteiger partial charge is 0.360 e. The van der Waals surface area contributed by atoms with Gasteiger partial charge in [0.15, 0.2) is 0 Å². The summed E-state index contributed by atoms with van der Waals surface area (Å²) in [5.41, 5.74) is 3.27. The average Bonchev–Trinajstić information content (AvgIpc) is 2.94. The zero-order valence-corrected chi connectivity index (χ0v) is 18.7. The van der Waals surface area contributed by atoms with Crippen LogP contribution in [0.25, 0.3) is 23.1 Å². The molecule has 0 N–H and O–H groups in total. The standard InChI is InChI=1S/C21H25IN2OSi/c1-26(2,3)14-13-25-16-24-21-12-10-18(22)15-19(21)20(23-24)11-9-17-7-5-4-6-8-17/h4-12,15H,13-14,16H2,1-3H3. The van der Waals surface area contributed by atoms with Crippen molar-refractivity contribution in [2.45, 2.75) is 32.4 Å². The van der Waals surface area contributed by atoms with Gasteiger partial charge < -0.3 is 4.74 Å². The highest BCUT2D eigenvalue weighted by atomic mass is 127. The first kappa shape index (κ1) is 19.3. The number of ether oxygens (including phenoxy) is 1. The van der Waals surface area contributed by atoms with Crippen LogP contribution in [0.4, 0.5) is 0 Å². The number of fused-ring (bicyclic) bond motifs is 1. The van der Waals surface area contributed by atoms with Crippen molar-refractivity contribution < 1.29 is 4.74 Å². The van der Waals surface area contributed by atoms with Crippen LogP contribution in [0, 0.1) is 3.57 Å². The van der Waals surface area contributed by atoms with Crippen LogP contribution in [0.5, 0.6) is 0 Å². The zero-order valence-electron chi connectivity index (χ0n) is 15.6. The number of halogens is 1. The molecule has 0 atom stereocenters. The fourth-order valence-corrected chi connectivity index (χ4v) is 3.91. The van der Waals surface area contributed by atoms with Crippen LogP contribution in [0.2, 0.25) is 25.7 Å². The van der Waals surface area contributed by atoms with E-state index in [0.717, 1.165) is 23.2 Å². The van der Waals surface area contributed by atoms with Crippen molar-refractivity contribution in [2.75, 3.05) is 6.61 Å². The van der Waals surface area contributed by atoms with Crippen LogP contribution in [0.15, 0.2) is 48.5 Å². The van der Waals surface area contributed by atoms with Crippen molar-refractivity contribution in [3.05, 3.63) is 63.4 Å². The molecule has 0 saturated carbocycles. The number of hydrogen-bond donors (Lipinski definition) is 0. The zero-order chi connectivity index (χ0) is 18.6. The van der Waals surface area contributed by atoms with Gasteiger partial charge in [-0.25, -0.2) is 4.68 Å². The van der Waals surface area contributed by atoms with E-state index in [4.69, 9.17) is 9.84 Å². The van der Waals surface area contributed by atoms with Gasteiger partial charge in [-0.1, -0.05) is 56.0 Å². The van der Waals surface area contributed by atoms with E-state index < -0.39 is 8.07 Å². The SMILES string of the molecule is C[Si](C)(C)CCOCn1nc(C=Cc2ccccc2)c2cc(I)ccc21. The minimum atomic E-state index is -1.07. The van der Waals surface area contributed by atoms with Gasteiger partial charge in [0.1, 0.15) is 6.73 Å². The van der Waals surface area contributed by atoms with Crippen LogP contribution in [0.1, 0.15) is 11.3 Å². The minimum Gasteiger partial charge on any atom is -0.360 e. The summed E-state index contributed by atoms with van der Waals surface area (Å²) in [6.45, 7) is 8.41. The lowest BCUT2D eigenvalue weighted by Crippen LogP contribution is -2.22. The molecular formula is C21H25IN2OSi. The monoisotopic (exact) mass is 476 g/mol. The van der Waals surface area contributed by atoms with Crippen molar-refractivity contribution in [1.82, 2.24) is 9.78 Å². The van der Waals surface area contributed by atoms with Gasteiger partial charge in [-0.15, -0.1) is 0 Å². The summed E-state index contributed by atoms with van der Waals surface area (Å²) in [5.74, 6) is 0. The molecule has 3 rings (SSSR count). The third kappa shape index (κ3) is 5.28. The highest BCUT2D eigenvalue weighted by molar-refractivity contribution is 14.1. The van der Waals surface area contributed by atoms with Gasteiger partial charge >= 0.3 is 0 Å². The van der Waals surface area contributed by atoms with E-state index in [1.54, 1.807) is 0 Å². The Labute approximate surface area is 170 Å². The lowest BCUT2D eigenvalue weighted by atomic mass is 10.1. The number of rotatable bonds is 7. The summed E-state index contributed by atoms with van der Waals surface area (Å²) in [6, 6.07) is 17.9. The number of nitrogens with zero attached hydrogens (tertiary/aromatic N) is 2. The van der Waals surface area contributed by atoms with Gasteiger partial charge in [0.2, 0.25) is 0 Å². The highest BCUT2D eigenvalue weighted by Gasteiger charge is 2.13. The summed E-state index contributed by atoms with van der Waals surface area (Å²) < 4.78 is 9.10. The Kier molecular flexibility index (Phi) is 6.32. The predicted octanol–water partition coefficient (Wildman–Crippen LogP) is 6.12. The molecule has 0 unspecified atom stereocenters. The Balaban J connectivity index is 1.82. The topological polar surface area (TPSA) is 27.1 Å². The van der Waals surface area contributed by atoms with E-state index in [0.29, 0.717) is 6.73 Å². The van der Waals surface area contributed by atoms with Crippen LogP contribution >= 0.6 is 22.6 Å². The highest BCUT2D eigenvalue weighted by Crippen LogP contribution is 2.23. The second kappa shape index (κ2) is 8.50. The molecule has 0 fully saturated rings. The first-order valence-electron chi connectivity index (χ1n) is 8.89. The summed E-state index contributed by atoms with van der Waals surface area (Å²) in [5, 5.41) is 5.96. The summed E-state index contributed by atoms with van der Waals surface area (Å²) in [7, 11) is -1.07. The van der Waals surface area contributed by atoms with Crippen LogP contribution in [-0.2, 0) is 11.5 Å². The molecule has 0 spiro atoms. The van der Waals surface area contributed by atoms with E-state index >= 15 is 0 Å². The number of hydrogen-bond acceptors (Lipinski definition) is 2. The molecule has 1 heterocycles. The fourth-order valence-electron chi connectivity index (χ4n) is 2.67. The minimum absolute atomic E-state index is 0.501. The van der Waals surface area contributed by atoms with Crippen molar-refractivity contribution in [1.29, 1.82) is 0 Å². The van der Waals surface area contributed by atoms with E-state index in [9.17, 15) is 0 Å². The van der Waals surface area contributed by atoms with Crippen LogP contribution in [0.3, 0.4) is 0 Å². The molecule has 5 heteroatoms. The molecule has 1 aromatic heterocycles. The predicted molar refractivity (Wildman–Crippen MR) is 122 cm³/mol. The van der Waals surface area contributed by atoms with Crippen LogP contribution in [-0.4, -0.2) is 24.5 Å². The molecule has 136 valence electrons. The molecule has 0 aliphatic carbocycles. The quantitative estimate of drug-likeness (QED) is 0.233. The van der Waals surface area contributed by atoms with Crippen molar-refractivity contribution in [2.24, 2.45) is 0 Å². The second-order valence-electron chi connectivity index (χ2n) is 7.64. The molecule has 0 saturated heterocycles. The Bertz CT molecular complexity index is 898. The third-order valence-electron chi connectivity index (χ3n) is 4.18. The van der Waals surface area contributed by atoms with Gasteiger partial charge in [0.05, 0.1) is 11.2 Å². The molecule has 26 heavy (non-hydrogen) atoms. The first-order valence-corrected chi connectivity index (χ1v) is 13.7.